The number of aryl methyl sites for hydroxylation is 1. The normalized spacial score (nSPS) is 16.0. The van der Waals surface area contributed by atoms with Crippen molar-refractivity contribution in [2.24, 2.45) is 7.05 Å². The summed E-state index contributed by atoms with van der Waals surface area (Å²) in [6, 6.07) is 10.9. The molecule has 0 unspecified atom stereocenters. The van der Waals surface area contributed by atoms with Crippen LogP contribution in [0.4, 0.5) is 0 Å². The Morgan fingerprint density at radius 3 is 2.93 bits per heavy atom. The molecule has 4 rings (SSSR count). The number of hydrogen-bond donors (Lipinski definition) is 1. The molecule has 1 saturated heterocycles. The van der Waals surface area contributed by atoms with Crippen molar-refractivity contribution in [2.75, 3.05) is 18.2 Å². The molecule has 146 valence electrons. The molecule has 0 spiro atoms. The molecule has 29 heavy (non-hydrogen) atoms. The maximum atomic E-state index is 12.8. The van der Waals surface area contributed by atoms with E-state index in [9.17, 15) is 9.59 Å². The number of nitriles is 1. The molecule has 0 aliphatic carbocycles. The first-order valence-electron chi connectivity index (χ1n) is 9.00. The smallest absolute Gasteiger partial charge is 0.252 e. The van der Waals surface area contributed by atoms with Crippen LogP contribution in [0.2, 0.25) is 0 Å². The lowest BCUT2D eigenvalue weighted by atomic mass is 10.0. The summed E-state index contributed by atoms with van der Waals surface area (Å²) >= 11 is 1.53. The lowest BCUT2D eigenvalue weighted by Gasteiger charge is -2.18. The van der Waals surface area contributed by atoms with Gasteiger partial charge in [-0.05, 0) is 24.3 Å². The van der Waals surface area contributed by atoms with E-state index >= 15 is 0 Å². The number of pyridine rings is 1. The Kier molecular flexibility index (Phi) is 5.18. The third kappa shape index (κ3) is 3.67. The lowest BCUT2D eigenvalue weighted by molar-refractivity contribution is -0.129. The van der Waals surface area contributed by atoms with Crippen molar-refractivity contribution < 1.29 is 9.59 Å². The van der Waals surface area contributed by atoms with Gasteiger partial charge in [-0.2, -0.15) is 10.4 Å². The van der Waals surface area contributed by atoms with E-state index in [-0.39, 0.29) is 18.4 Å². The van der Waals surface area contributed by atoms with Crippen LogP contribution in [-0.2, 0) is 11.8 Å². The van der Waals surface area contributed by atoms with Gasteiger partial charge in [0.1, 0.15) is 6.04 Å². The van der Waals surface area contributed by atoms with Crippen molar-refractivity contribution in [1.29, 1.82) is 5.26 Å². The number of thioether (sulfide) groups is 1. The van der Waals surface area contributed by atoms with Gasteiger partial charge in [-0.3, -0.25) is 19.3 Å². The van der Waals surface area contributed by atoms with Crippen LogP contribution in [0.25, 0.3) is 22.2 Å². The lowest BCUT2D eigenvalue weighted by Crippen LogP contribution is -2.42. The topological polar surface area (TPSA) is 104 Å². The molecule has 1 aliphatic heterocycles. The average Bonchev–Trinajstić information content (AvgIpc) is 3.39. The minimum atomic E-state index is -0.437. The van der Waals surface area contributed by atoms with Gasteiger partial charge in [0, 0.05) is 36.1 Å². The first-order valence-corrected chi connectivity index (χ1v) is 10.2. The van der Waals surface area contributed by atoms with Crippen LogP contribution in [0.1, 0.15) is 10.4 Å². The summed E-state index contributed by atoms with van der Waals surface area (Å²) < 4.78 is 1.76. The summed E-state index contributed by atoms with van der Waals surface area (Å²) in [6.07, 6.45) is 3.29. The predicted octanol–water partition coefficient (Wildman–Crippen LogP) is 1.79. The maximum absolute atomic E-state index is 12.8. The molecule has 0 bridgehead atoms. The molecule has 2 aromatic heterocycles. The van der Waals surface area contributed by atoms with Gasteiger partial charge >= 0.3 is 0 Å². The van der Waals surface area contributed by atoms with Crippen molar-refractivity contribution in [2.45, 2.75) is 6.04 Å². The van der Waals surface area contributed by atoms with Crippen LogP contribution < -0.4 is 5.32 Å². The molecular formula is C20H18N6O2S. The molecule has 1 fully saturated rings. The Morgan fingerprint density at radius 1 is 1.31 bits per heavy atom. The molecular weight excluding hydrogens is 388 g/mol. The minimum Gasteiger partial charge on any atom is -0.343 e. The zero-order valence-corrected chi connectivity index (χ0v) is 16.5. The Morgan fingerprint density at radius 2 is 2.17 bits per heavy atom. The van der Waals surface area contributed by atoms with Gasteiger partial charge in [-0.15, -0.1) is 11.8 Å². The van der Waals surface area contributed by atoms with E-state index in [0.29, 0.717) is 28.1 Å². The Balaban J connectivity index is 1.57. The number of nitrogens with one attached hydrogen (secondary N) is 1. The van der Waals surface area contributed by atoms with E-state index in [0.717, 1.165) is 11.3 Å². The average molecular weight is 406 g/mol. The molecule has 1 aromatic carbocycles. The van der Waals surface area contributed by atoms with Gasteiger partial charge in [0.15, 0.2) is 0 Å². The van der Waals surface area contributed by atoms with E-state index in [1.54, 1.807) is 23.1 Å². The predicted molar refractivity (Wildman–Crippen MR) is 110 cm³/mol. The second kappa shape index (κ2) is 7.93. The zero-order valence-electron chi connectivity index (χ0n) is 15.7. The summed E-state index contributed by atoms with van der Waals surface area (Å²) in [6.45, 7) is -0.150. The van der Waals surface area contributed by atoms with Crippen LogP contribution in [0, 0.1) is 11.3 Å². The second-order valence-electron chi connectivity index (χ2n) is 6.62. The highest BCUT2D eigenvalue weighted by Gasteiger charge is 2.29. The number of benzene rings is 1. The number of amides is 2. The van der Waals surface area contributed by atoms with Gasteiger partial charge < -0.3 is 10.2 Å². The summed E-state index contributed by atoms with van der Waals surface area (Å²) in [5, 5.41) is 16.7. The molecule has 2 amide bonds. The van der Waals surface area contributed by atoms with Crippen LogP contribution in [-0.4, -0.2) is 55.7 Å². The molecule has 3 heterocycles. The van der Waals surface area contributed by atoms with Crippen molar-refractivity contribution in [3.63, 3.8) is 0 Å². The molecule has 1 aliphatic rings. The van der Waals surface area contributed by atoms with Gasteiger partial charge in [0.05, 0.1) is 35.3 Å². The number of aromatic nitrogens is 3. The number of hydrogen-bond acceptors (Lipinski definition) is 6. The number of fused-ring (bicyclic) bond motifs is 1. The van der Waals surface area contributed by atoms with E-state index in [4.69, 9.17) is 5.26 Å². The minimum absolute atomic E-state index is 0.150. The molecule has 1 atom stereocenters. The SMILES string of the molecule is Cn1nccc1-c1ccc2nccc(C(=O)NCC(=O)N3CSC[C@H]3C#N)c2c1. The highest BCUT2D eigenvalue weighted by molar-refractivity contribution is 7.99. The Bertz CT molecular complexity index is 1140. The van der Waals surface area contributed by atoms with Crippen molar-refractivity contribution in [1.82, 2.24) is 25.0 Å². The third-order valence-corrected chi connectivity index (χ3v) is 5.87. The molecule has 3 aromatic rings. The Hall–Kier alpha value is -3.38. The Labute approximate surface area is 171 Å². The highest BCUT2D eigenvalue weighted by Crippen LogP contribution is 2.25. The molecule has 0 saturated carbocycles. The van der Waals surface area contributed by atoms with Gasteiger partial charge in [0.2, 0.25) is 5.91 Å². The quantitative estimate of drug-likeness (QED) is 0.708. The van der Waals surface area contributed by atoms with Crippen molar-refractivity contribution in [3.8, 4) is 17.3 Å². The number of carbonyl (C=O) groups excluding carboxylic acids is 2. The highest BCUT2D eigenvalue weighted by atomic mass is 32.2. The van der Waals surface area contributed by atoms with Crippen LogP contribution in [0.5, 0.6) is 0 Å². The van der Waals surface area contributed by atoms with Gasteiger partial charge in [-0.1, -0.05) is 6.07 Å². The first-order chi connectivity index (χ1) is 14.1. The van der Waals surface area contributed by atoms with E-state index < -0.39 is 6.04 Å². The number of rotatable bonds is 4. The van der Waals surface area contributed by atoms with Crippen molar-refractivity contribution in [3.05, 3.63) is 48.3 Å². The second-order valence-corrected chi connectivity index (χ2v) is 7.62. The fourth-order valence-corrected chi connectivity index (χ4v) is 4.41. The summed E-state index contributed by atoms with van der Waals surface area (Å²) in [5.74, 6) is 0.457. The van der Waals surface area contributed by atoms with E-state index in [2.05, 4.69) is 21.5 Å². The molecule has 1 N–H and O–H groups in total. The summed E-state index contributed by atoms with van der Waals surface area (Å²) in [5.41, 5.74) is 2.97. The monoisotopic (exact) mass is 406 g/mol. The summed E-state index contributed by atoms with van der Waals surface area (Å²) in [4.78, 5) is 31.0. The zero-order chi connectivity index (χ0) is 20.4. The van der Waals surface area contributed by atoms with Crippen LogP contribution in [0.3, 0.4) is 0 Å². The number of nitrogens with zero attached hydrogens (tertiary/aromatic N) is 5. The third-order valence-electron chi connectivity index (χ3n) is 4.85. The summed E-state index contributed by atoms with van der Waals surface area (Å²) in [7, 11) is 1.85. The number of carbonyl (C=O) groups is 2. The largest absolute Gasteiger partial charge is 0.343 e. The van der Waals surface area contributed by atoms with E-state index in [1.807, 2.05) is 31.3 Å². The standard InChI is InChI=1S/C20H18N6O2S/c1-25-18(5-7-24-25)13-2-3-17-16(8-13)15(4-6-22-17)20(28)23-10-19(27)26-12-29-11-14(26)9-21/h2-8,14H,10-12H2,1H3,(H,23,28)/t14-/m1/s1. The molecule has 0 radical (unpaired) electrons. The first kappa shape index (κ1) is 19.0. The van der Waals surface area contributed by atoms with Gasteiger partial charge in [0.25, 0.3) is 5.91 Å². The molecule has 9 heteroatoms. The van der Waals surface area contributed by atoms with Crippen LogP contribution in [0.15, 0.2) is 42.7 Å². The fourth-order valence-electron chi connectivity index (χ4n) is 3.31. The van der Waals surface area contributed by atoms with E-state index in [1.165, 1.54) is 16.7 Å². The van der Waals surface area contributed by atoms with Crippen LogP contribution >= 0.6 is 11.8 Å². The van der Waals surface area contributed by atoms with Gasteiger partial charge in [-0.25, -0.2) is 0 Å². The molecule has 8 nitrogen and oxygen atoms in total. The fraction of sp³-hybridized carbons (Fsp3) is 0.250. The maximum Gasteiger partial charge on any atom is 0.252 e. The van der Waals surface area contributed by atoms with Crippen molar-refractivity contribution >= 4 is 34.5 Å².